The lowest BCUT2D eigenvalue weighted by Gasteiger charge is -2.37. The molecule has 1 fully saturated rings. The van der Waals surface area contributed by atoms with Gasteiger partial charge in [0.15, 0.2) is 6.23 Å². The van der Waals surface area contributed by atoms with Crippen molar-refractivity contribution in [3.05, 3.63) is 185 Å². The molecule has 8 atom stereocenters. The zero-order chi connectivity index (χ0) is 78.5. The van der Waals surface area contributed by atoms with Crippen LogP contribution < -0.4 is 66.0 Å². The number of azide groups is 2. The first kappa shape index (κ1) is 84.6. The van der Waals surface area contributed by atoms with Crippen molar-refractivity contribution in [1.82, 2.24) is 25.5 Å². The predicted octanol–water partition coefficient (Wildman–Crippen LogP) is 3.11. The Balaban J connectivity index is 0.733. The fourth-order valence-corrected chi connectivity index (χ4v) is 15.6. The van der Waals surface area contributed by atoms with E-state index in [0.717, 1.165) is 35.1 Å². The number of unbranched alkanes of at least 4 members (excludes halogenated alkanes) is 2. The highest BCUT2D eigenvalue weighted by Gasteiger charge is 2.48. The number of nitrogens with zero attached hydrogens (tertiary/aromatic N) is 8. The Hall–Kier alpha value is -9.05. The van der Waals surface area contributed by atoms with Crippen LogP contribution in [0.3, 0.4) is 0 Å². The van der Waals surface area contributed by atoms with E-state index in [1.165, 1.54) is 34.3 Å². The summed E-state index contributed by atoms with van der Waals surface area (Å²) in [5.41, 5.74) is 19.6. The van der Waals surface area contributed by atoms with Crippen molar-refractivity contribution in [3.8, 4) is 29.1 Å². The maximum absolute atomic E-state index is 13.1. The quantitative estimate of drug-likeness (QED) is 0.00624. The summed E-state index contributed by atoms with van der Waals surface area (Å²) >= 11 is 0. The van der Waals surface area contributed by atoms with Gasteiger partial charge in [0.25, 0.3) is 27.1 Å². The number of phenols is 1. The number of phosphoric ester groups is 1. The third kappa shape index (κ3) is 24.5. The summed E-state index contributed by atoms with van der Waals surface area (Å²) in [6.45, 7) is 7.26. The molecule has 4 aromatic carbocycles. The number of allylic oxidation sites excluding steroid dienone is 3. The molecule has 1 aromatic heterocycles. The van der Waals surface area contributed by atoms with Gasteiger partial charge in [-0.25, -0.2) is 17.5 Å². The lowest BCUT2D eigenvalue weighted by molar-refractivity contribution is -0.850. The predicted molar refractivity (Wildman–Crippen MR) is 374 cm³/mol. The Bertz CT molecular complexity index is 4670. The number of hydrogen-bond donors (Lipinski definition) is 6. The summed E-state index contributed by atoms with van der Waals surface area (Å²) in [5, 5.41) is 24.4. The van der Waals surface area contributed by atoms with Gasteiger partial charge in [-0.2, -0.15) is 0 Å². The second-order valence-corrected chi connectivity index (χ2v) is 31.0. The molecule has 5 aromatic rings. The summed E-state index contributed by atoms with van der Waals surface area (Å²) in [5.74, 6) is 4.69. The number of H-pyrrole nitrogens is 1. The normalized spacial score (nSPS) is 19.5. The molecule has 3 aliphatic heterocycles. The van der Waals surface area contributed by atoms with Crippen LogP contribution in [-0.2, 0) is 76.3 Å². The molecule has 1 saturated heterocycles. The van der Waals surface area contributed by atoms with Crippen LogP contribution in [0, 0.1) is 11.8 Å². The van der Waals surface area contributed by atoms with E-state index in [-0.39, 0.29) is 97.2 Å². The summed E-state index contributed by atoms with van der Waals surface area (Å²) < 4.78 is 117. The van der Waals surface area contributed by atoms with E-state index in [1.807, 2.05) is 18.8 Å². The average Bonchev–Trinajstić information content (AvgIpc) is 1.59. The minimum Gasteiger partial charge on any atom is -0.790 e. The van der Waals surface area contributed by atoms with Crippen LogP contribution >= 0.6 is 23.5 Å². The van der Waals surface area contributed by atoms with E-state index in [0.29, 0.717) is 43.7 Å². The highest BCUT2D eigenvalue weighted by atomic mass is 32.2. The van der Waals surface area contributed by atoms with E-state index in [4.69, 9.17) is 39.5 Å². The van der Waals surface area contributed by atoms with Gasteiger partial charge in [-0.1, -0.05) is 72.7 Å². The van der Waals surface area contributed by atoms with E-state index in [9.17, 15) is 75.3 Å². The number of carbonyl (C=O) groups is 3. The van der Waals surface area contributed by atoms with Gasteiger partial charge in [-0.05, 0) is 122 Å². The van der Waals surface area contributed by atoms with Gasteiger partial charge in [0.1, 0.15) is 76.9 Å². The number of phosphoric acid groups is 3. The Morgan fingerprint density at radius 1 is 0.861 bits per heavy atom. The highest BCUT2D eigenvalue weighted by Crippen LogP contribution is 2.60. The molecule has 582 valence electrons. The Morgan fingerprint density at radius 2 is 1.62 bits per heavy atom. The highest BCUT2D eigenvalue weighted by molar-refractivity contribution is 7.85. The Morgan fingerprint density at radius 3 is 2.36 bits per heavy atom. The summed E-state index contributed by atoms with van der Waals surface area (Å²) in [6, 6.07) is 25.7. The molecule has 0 spiro atoms. The van der Waals surface area contributed by atoms with Crippen LogP contribution in [0.1, 0.15) is 99.5 Å². The van der Waals surface area contributed by atoms with E-state index < -0.39 is 107 Å². The molecule has 0 aliphatic carbocycles. The molecule has 4 heterocycles. The maximum atomic E-state index is 13.1. The number of benzene rings is 4. The van der Waals surface area contributed by atoms with Crippen LogP contribution in [0.15, 0.2) is 146 Å². The molecule has 8 unspecified atom stereocenters. The van der Waals surface area contributed by atoms with E-state index in [2.05, 4.69) is 122 Å². The largest absolute Gasteiger partial charge is 0.790 e. The number of aromatic nitrogens is 2. The molecule has 38 nitrogen and oxygen atoms in total. The fourth-order valence-electron chi connectivity index (χ4n) is 12.2. The van der Waals surface area contributed by atoms with Gasteiger partial charge < -0.3 is 87.6 Å². The fraction of sp³-hybridized carbons (Fsp3) is 0.439. The van der Waals surface area contributed by atoms with Crippen LogP contribution in [0.5, 0.6) is 17.2 Å². The van der Waals surface area contributed by atoms with Crippen molar-refractivity contribution in [2.24, 2.45) is 10.2 Å². The lowest BCUT2D eigenvalue weighted by Crippen LogP contribution is -3.10. The Labute approximate surface area is 618 Å². The minimum absolute atomic E-state index is 0.0443. The van der Waals surface area contributed by atoms with Crippen LogP contribution in [0.4, 0.5) is 11.4 Å². The number of carbonyl (C=O) groups excluding carboxylic acids is 3. The van der Waals surface area contributed by atoms with Crippen LogP contribution in [-0.4, -0.2) is 149 Å². The van der Waals surface area contributed by atoms with Crippen LogP contribution in [0.25, 0.3) is 20.9 Å². The molecular formula is C66H78N13O25P3S-4. The molecule has 8 rings (SSSR count). The van der Waals surface area contributed by atoms with Crippen LogP contribution in [0.2, 0.25) is 0 Å². The number of quaternary nitrogens is 1. The number of ether oxygens (including phenoxy) is 6. The number of nitrogens with one attached hydrogen (secondary N) is 5. The molecule has 3 aliphatic rings. The molecular weight excluding hydrogens is 1500 g/mol. The monoisotopic (exact) mass is 1580 g/mol. The number of amides is 3. The molecule has 42 heteroatoms. The van der Waals surface area contributed by atoms with Gasteiger partial charge in [-0.15, -0.1) is 0 Å². The summed E-state index contributed by atoms with van der Waals surface area (Å²) in [4.78, 5) is 120. The van der Waals surface area contributed by atoms with Gasteiger partial charge in [0.05, 0.1) is 63.8 Å². The van der Waals surface area contributed by atoms with Gasteiger partial charge in [0, 0.05) is 82.8 Å². The first-order chi connectivity index (χ1) is 51.2. The molecule has 108 heavy (non-hydrogen) atoms. The number of aromatic amines is 1. The van der Waals surface area contributed by atoms with Crippen molar-refractivity contribution in [3.63, 3.8) is 0 Å². The summed E-state index contributed by atoms with van der Waals surface area (Å²) in [6.07, 6.45) is 4.54. The van der Waals surface area contributed by atoms with Crippen molar-refractivity contribution in [1.29, 1.82) is 0 Å². The summed E-state index contributed by atoms with van der Waals surface area (Å²) in [7, 11) is -23.3. The standard InChI is InChI=1S/C66H82N13O25P3S/c1-65(2)50-17-7-8-18-52(50)78(32-13-33-97-47-24-22-46(80)23-25-47)56(65)19-11-20-57-66(3,4)51-37-49(108(93,94)95)26-27-53(51)77(57)31-9-5-6-21-58(81)70-29-30-71-62(83)44-14-10-16-48(36-44)99-42-60(74-76-68)98-35-34-96-41-59(82)69-28-12-15-45-39-79(64(85)73-63(45)84)61-38-54(100-43-72-75-67)55(102-61)40-101-106(89,90)104-107(91,92)103-105(86,87)88/h7-8,10-11,14,16-20,22-27,36-37,39,54-56,60-61,80H,5-6,9,13,21,28-35,38,40-43H2,1-4H3,(H,69,82)(H,70,81)(H,71,83)(H,89,90)(H,91,92)(H,73,84,85)(H2,86,87,88)(H,93,94,95)/p-4/b19-11+,57-20+. The Kier molecular flexibility index (Phi) is 30.0. The molecule has 0 saturated carbocycles. The number of phenolic OH excluding ortho intramolecular Hbond substituents is 1. The first-order valence-corrected chi connectivity index (χ1v) is 39.2. The average molecular weight is 1580 g/mol. The third-order valence-corrected chi connectivity index (χ3v) is 21.7. The maximum Gasteiger partial charge on any atom is 0.330 e. The second kappa shape index (κ2) is 38.3. The number of aromatic hydroxyl groups is 1. The number of fused-ring (bicyclic) bond motifs is 2. The molecule has 6 N–H and O–H groups in total. The number of hydrogen-bond acceptors (Lipinski definition) is 28. The zero-order valence-corrected chi connectivity index (χ0v) is 62.2. The minimum atomic E-state index is -6.31. The van der Waals surface area contributed by atoms with Crippen molar-refractivity contribution in [2.75, 3.05) is 84.0 Å². The smallest absolute Gasteiger partial charge is 0.330 e. The van der Waals surface area contributed by atoms with Crippen molar-refractivity contribution in [2.45, 2.75) is 113 Å². The number of para-hydroxylation sites is 1. The zero-order valence-electron chi connectivity index (χ0n) is 58.7. The van der Waals surface area contributed by atoms with Gasteiger partial charge in [-0.3, -0.25) is 47.1 Å². The van der Waals surface area contributed by atoms with E-state index >= 15 is 0 Å². The van der Waals surface area contributed by atoms with Gasteiger partial charge in [0.2, 0.25) is 11.8 Å². The van der Waals surface area contributed by atoms with Crippen molar-refractivity contribution < 1.29 is 112 Å². The number of anilines is 1. The molecule has 0 radical (unpaired) electrons. The van der Waals surface area contributed by atoms with Crippen molar-refractivity contribution >= 4 is 62.7 Å². The number of rotatable bonds is 40. The topological polar surface area (TPSA) is 551 Å². The second-order valence-electron chi connectivity index (χ2n) is 25.4. The SMILES string of the molecule is CC1(C)/C(=C\C=C\C2[NH+](CCCOc3ccc(O)cc3)c3ccccc3C2(C)C)N(CCCCCC(=O)NCCNC(=O)c2cccc(OCC(N=[N+]=[N-])OCCOCC(=O)NCC#Cc3cn(C4CC(OCN=[N+]=[N-])C(COP(=O)([O-])OP(=O)([O-])OP(=O)([O-])[O-])O4)c(=O)[nH]c3=O)c2)c2ccc(S(=O)(=O)[O-])cc21. The first-order valence-electron chi connectivity index (χ1n) is 33.4. The molecule has 0 bridgehead atoms. The lowest BCUT2D eigenvalue weighted by atomic mass is 9.80. The van der Waals surface area contributed by atoms with E-state index in [1.54, 1.807) is 48.5 Å². The third-order valence-electron chi connectivity index (χ3n) is 17.2. The van der Waals surface area contributed by atoms with Gasteiger partial charge >= 0.3 is 5.69 Å². The molecule has 3 amide bonds.